The van der Waals surface area contributed by atoms with E-state index in [1.165, 1.54) is 11.1 Å². The Kier molecular flexibility index (Phi) is 7.37. The minimum absolute atomic E-state index is 0.433. The summed E-state index contributed by atoms with van der Waals surface area (Å²) in [5, 5.41) is 10.2. The maximum Gasteiger partial charge on any atom is 0.0974 e. The minimum atomic E-state index is -0.433. The van der Waals surface area contributed by atoms with Crippen LogP contribution in [-0.4, -0.2) is 11.2 Å². The van der Waals surface area contributed by atoms with Crippen LogP contribution < -0.4 is 0 Å². The highest BCUT2D eigenvalue weighted by molar-refractivity contribution is 5.47. The van der Waals surface area contributed by atoms with Gasteiger partial charge < -0.3 is 13.9 Å². The van der Waals surface area contributed by atoms with Crippen LogP contribution in [0.15, 0.2) is 75.4 Å². The molecule has 1 N–H and O–H groups in total. The molecule has 2 rings (SSSR count). The van der Waals surface area contributed by atoms with Gasteiger partial charge in [-0.05, 0) is 57.2 Å². The quantitative estimate of drug-likeness (QED) is 0.614. The van der Waals surface area contributed by atoms with E-state index in [1.807, 2.05) is 31.2 Å². The number of hydrogen-bond acceptors (Lipinski definition) is 3. The van der Waals surface area contributed by atoms with Gasteiger partial charge in [0, 0.05) is 5.56 Å². The van der Waals surface area contributed by atoms with Crippen molar-refractivity contribution >= 4 is 6.08 Å². The van der Waals surface area contributed by atoms with Gasteiger partial charge in [-0.15, -0.1) is 0 Å². The lowest BCUT2D eigenvalue weighted by atomic mass is 10.0. The predicted octanol–water partition coefficient (Wildman–Crippen LogP) is 5.55. The Bertz CT molecular complexity index is 658. The SMILES string of the molecule is C/C(=C\[C@@H](O)C/C(C)=C/CCc1ccoc1)C/C=C/c1ccoc1. The summed E-state index contributed by atoms with van der Waals surface area (Å²) in [5.41, 5.74) is 4.64. The number of aliphatic hydroxyl groups is 1. The fourth-order valence-corrected chi connectivity index (χ4v) is 2.54. The second kappa shape index (κ2) is 9.78. The van der Waals surface area contributed by atoms with E-state index in [0.29, 0.717) is 6.42 Å². The van der Waals surface area contributed by atoms with Gasteiger partial charge in [0.05, 0.1) is 31.2 Å². The van der Waals surface area contributed by atoms with Crippen LogP contribution in [0.5, 0.6) is 0 Å². The van der Waals surface area contributed by atoms with Gasteiger partial charge in [-0.25, -0.2) is 0 Å². The van der Waals surface area contributed by atoms with Gasteiger partial charge >= 0.3 is 0 Å². The highest BCUT2D eigenvalue weighted by Crippen LogP contribution is 2.13. The number of aliphatic hydroxyl groups excluding tert-OH is 1. The Labute approximate surface area is 144 Å². The highest BCUT2D eigenvalue weighted by atomic mass is 16.3. The van der Waals surface area contributed by atoms with Crippen molar-refractivity contribution in [2.75, 3.05) is 0 Å². The Morgan fingerprint density at radius 3 is 2.62 bits per heavy atom. The van der Waals surface area contributed by atoms with Crippen LogP contribution in [0.1, 0.15) is 44.2 Å². The summed E-state index contributed by atoms with van der Waals surface area (Å²) in [5.74, 6) is 0. The normalized spacial score (nSPS) is 14.5. The van der Waals surface area contributed by atoms with Crippen LogP contribution in [0.2, 0.25) is 0 Å². The van der Waals surface area contributed by atoms with Crippen molar-refractivity contribution in [1.29, 1.82) is 0 Å². The molecule has 24 heavy (non-hydrogen) atoms. The van der Waals surface area contributed by atoms with E-state index in [0.717, 1.165) is 30.4 Å². The molecule has 2 heterocycles. The van der Waals surface area contributed by atoms with Crippen LogP contribution in [0.4, 0.5) is 0 Å². The molecule has 0 aromatic carbocycles. The minimum Gasteiger partial charge on any atom is -0.472 e. The summed E-state index contributed by atoms with van der Waals surface area (Å²) < 4.78 is 10.1. The van der Waals surface area contributed by atoms with Crippen molar-refractivity contribution in [2.45, 2.75) is 45.6 Å². The molecule has 1 atom stereocenters. The molecule has 0 saturated carbocycles. The summed E-state index contributed by atoms with van der Waals surface area (Å²) >= 11 is 0. The summed E-state index contributed by atoms with van der Waals surface area (Å²) in [6.45, 7) is 4.11. The first kappa shape index (κ1) is 18.1. The molecule has 2 aromatic rings. The highest BCUT2D eigenvalue weighted by Gasteiger charge is 2.02. The summed E-state index contributed by atoms with van der Waals surface area (Å²) in [7, 11) is 0. The number of aryl methyl sites for hydroxylation is 1. The predicted molar refractivity (Wildman–Crippen MR) is 97.5 cm³/mol. The molecule has 2 aromatic heterocycles. The molecule has 3 nitrogen and oxygen atoms in total. The molecular weight excluding hydrogens is 300 g/mol. The molecule has 0 fully saturated rings. The van der Waals surface area contributed by atoms with E-state index < -0.39 is 6.10 Å². The fraction of sp³-hybridized carbons (Fsp3) is 0.333. The Balaban J connectivity index is 1.72. The van der Waals surface area contributed by atoms with E-state index in [-0.39, 0.29) is 0 Å². The van der Waals surface area contributed by atoms with E-state index in [1.54, 1.807) is 25.1 Å². The molecule has 128 valence electrons. The zero-order valence-electron chi connectivity index (χ0n) is 14.4. The van der Waals surface area contributed by atoms with Crippen LogP contribution >= 0.6 is 0 Å². The zero-order valence-corrected chi connectivity index (χ0v) is 14.4. The van der Waals surface area contributed by atoms with Crippen LogP contribution in [-0.2, 0) is 6.42 Å². The average molecular weight is 326 g/mol. The molecule has 0 amide bonds. The van der Waals surface area contributed by atoms with E-state index in [4.69, 9.17) is 8.83 Å². The smallest absolute Gasteiger partial charge is 0.0974 e. The van der Waals surface area contributed by atoms with Crippen LogP contribution in [0, 0.1) is 0 Å². The van der Waals surface area contributed by atoms with E-state index in [2.05, 4.69) is 19.1 Å². The Hall–Kier alpha value is -2.26. The zero-order chi connectivity index (χ0) is 17.2. The largest absolute Gasteiger partial charge is 0.472 e. The molecule has 0 radical (unpaired) electrons. The third-order valence-electron chi connectivity index (χ3n) is 3.81. The second-order valence-corrected chi connectivity index (χ2v) is 6.17. The van der Waals surface area contributed by atoms with E-state index in [9.17, 15) is 5.11 Å². The lowest BCUT2D eigenvalue weighted by molar-refractivity contribution is 0.222. The lowest BCUT2D eigenvalue weighted by Gasteiger charge is -2.08. The van der Waals surface area contributed by atoms with Gasteiger partial charge in [0.2, 0.25) is 0 Å². The number of rotatable bonds is 9. The Morgan fingerprint density at radius 1 is 1.12 bits per heavy atom. The molecular formula is C21H26O3. The topological polar surface area (TPSA) is 46.5 Å². The van der Waals surface area contributed by atoms with Crippen LogP contribution in [0.3, 0.4) is 0 Å². The third-order valence-corrected chi connectivity index (χ3v) is 3.81. The third kappa shape index (κ3) is 6.88. The summed E-state index contributed by atoms with van der Waals surface area (Å²) in [4.78, 5) is 0. The van der Waals surface area contributed by atoms with Crippen molar-refractivity contribution in [1.82, 2.24) is 0 Å². The first-order chi connectivity index (χ1) is 11.6. The molecule has 0 saturated heterocycles. The number of hydrogen-bond donors (Lipinski definition) is 1. The summed E-state index contributed by atoms with van der Waals surface area (Å²) in [6, 6.07) is 3.91. The molecule has 0 bridgehead atoms. The fourth-order valence-electron chi connectivity index (χ4n) is 2.54. The van der Waals surface area contributed by atoms with Crippen molar-refractivity contribution in [3.63, 3.8) is 0 Å². The standard InChI is InChI=1S/C21H26O3/c1-17(5-3-7-19-9-11-23-15-19)13-21(22)14-18(2)6-4-8-20-10-12-24-16-20/h3,6-7,9-13,15-16,21-22H,4-5,8,14H2,1-2H3/b7-3+,17-13+,18-6+/t21-/m1/s1. The Morgan fingerprint density at radius 2 is 1.92 bits per heavy atom. The monoisotopic (exact) mass is 326 g/mol. The second-order valence-electron chi connectivity index (χ2n) is 6.17. The molecule has 3 heteroatoms. The van der Waals surface area contributed by atoms with Crippen molar-refractivity contribution < 1.29 is 13.9 Å². The van der Waals surface area contributed by atoms with Gasteiger partial charge in [0.25, 0.3) is 0 Å². The van der Waals surface area contributed by atoms with Gasteiger partial charge in [-0.2, -0.15) is 0 Å². The van der Waals surface area contributed by atoms with Gasteiger partial charge in [-0.3, -0.25) is 0 Å². The number of furan rings is 2. The molecule has 0 aliphatic heterocycles. The molecule has 0 spiro atoms. The van der Waals surface area contributed by atoms with Crippen LogP contribution in [0.25, 0.3) is 6.08 Å². The van der Waals surface area contributed by atoms with Gasteiger partial charge in [-0.1, -0.05) is 35.5 Å². The molecule has 0 aliphatic carbocycles. The van der Waals surface area contributed by atoms with Crippen molar-refractivity contribution in [2.24, 2.45) is 0 Å². The van der Waals surface area contributed by atoms with Gasteiger partial charge in [0.1, 0.15) is 0 Å². The van der Waals surface area contributed by atoms with Crippen molar-refractivity contribution in [3.8, 4) is 0 Å². The molecule has 0 unspecified atom stereocenters. The van der Waals surface area contributed by atoms with Gasteiger partial charge in [0.15, 0.2) is 0 Å². The number of allylic oxidation sites excluding steroid dienone is 3. The maximum absolute atomic E-state index is 10.2. The summed E-state index contributed by atoms with van der Waals surface area (Å²) in [6.07, 6.45) is 18.1. The first-order valence-corrected chi connectivity index (χ1v) is 8.34. The molecule has 0 aliphatic rings. The maximum atomic E-state index is 10.2. The first-order valence-electron chi connectivity index (χ1n) is 8.34. The lowest BCUT2D eigenvalue weighted by Crippen LogP contribution is -2.03. The average Bonchev–Trinajstić information content (AvgIpc) is 3.20. The van der Waals surface area contributed by atoms with Crippen molar-refractivity contribution in [3.05, 3.63) is 77.7 Å². The van der Waals surface area contributed by atoms with E-state index >= 15 is 0 Å².